The van der Waals surface area contributed by atoms with Crippen molar-refractivity contribution in [3.05, 3.63) is 76.2 Å². The smallest absolute Gasteiger partial charge is 0.267 e. The second-order valence-electron chi connectivity index (χ2n) is 6.35. The van der Waals surface area contributed by atoms with Gasteiger partial charge in [-0.1, -0.05) is 62.4 Å². The summed E-state index contributed by atoms with van der Waals surface area (Å²) in [6.07, 6.45) is 0.845. The number of nitrogens with one attached hydrogen (secondary N) is 1. The summed E-state index contributed by atoms with van der Waals surface area (Å²) in [5.74, 6) is 0.461. The van der Waals surface area contributed by atoms with Crippen LogP contribution in [-0.2, 0) is 6.42 Å². The molecule has 118 valence electrons. The maximum Gasteiger partial charge on any atom is 0.272 e. The van der Waals surface area contributed by atoms with Gasteiger partial charge in [0.2, 0.25) is 0 Å². The number of aryl methyl sites for hydroxylation is 1. The third-order valence-electron chi connectivity index (χ3n) is 4.02. The first-order valence-corrected chi connectivity index (χ1v) is 8.03. The molecule has 3 heteroatoms. The van der Waals surface area contributed by atoms with Gasteiger partial charge in [-0.3, -0.25) is 14.6 Å². The Morgan fingerprint density at radius 1 is 1.00 bits per heavy atom. The highest BCUT2D eigenvalue weighted by Crippen LogP contribution is 2.25. The molecular weight excluding hydrogens is 284 g/mol. The fourth-order valence-electron chi connectivity index (χ4n) is 2.97. The normalized spacial score (nSPS) is 11.1. The van der Waals surface area contributed by atoms with Crippen LogP contribution >= 0.6 is 0 Å². The monoisotopic (exact) mass is 306 g/mol. The quantitative estimate of drug-likeness (QED) is 0.765. The largest absolute Gasteiger partial charge is 0.272 e. The van der Waals surface area contributed by atoms with Crippen molar-refractivity contribution in [3.63, 3.8) is 0 Å². The Morgan fingerprint density at radius 3 is 2.30 bits per heavy atom. The Kier molecular flexibility index (Phi) is 4.20. The number of rotatable bonds is 4. The second-order valence-corrected chi connectivity index (χ2v) is 6.35. The minimum Gasteiger partial charge on any atom is -0.267 e. The third-order valence-corrected chi connectivity index (χ3v) is 4.02. The van der Waals surface area contributed by atoms with Crippen molar-refractivity contribution < 1.29 is 0 Å². The highest BCUT2D eigenvalue weighted by molar-refractivity contribution is 5.66. The van der Waals surface area contributed by atoms with E-state index in [1.807, 2.05) is 53.2 Å². The van der Waals surface area contributed by atoms with Gasteiger partial charge in [0.15, 0.2) is 0 Å². The van der Waals surface area contributed by atoms with Crippen molar-refractivity contribution in [1.29, 1.82) is 0 Å². The van der Waals surface area contributed by atoms with Crippen LogP contribution in [0.5, 0.6) is 0 Å². The minimum absolute atomic E-state index is 0.0323. The summed E-state index contributed by atoms with van der Waals surface area (Å²) in [7, 11) is 0. The van der Waals surface area contributed by atoms with Crippen molar-refractivity contribution in [3.8, 4) is 16.8 Å². The van der Waals surface area contributed by atoms with Gasteiger partial charge in [0.25, 0.3) is 5.56 Å². The molecular formula is C20H22N2O. The van der Waals surface area contributed by atoms with Gasteiger partial charge in [-0.15, -0.1) is 0 Å². The lowest BCUT2D eigenvalue weighted by Gasteiger charge is -2.14. The first kappa shape index (κ1) is 15.3. The first-order valence-electron chi connectivity index (χ1n) is 8.03. The Bertz CT molecular complexity index is 857. The lowest BCUT2D eigenvalue weighted by Crippen LogP contribution is -2.08. The molecule has 0 bridgehead atoms. The lowest BCUT2D eigenvalue weighted by molar-refractivity contribution is 0.616. The van der Waals surface area contributed by atoms with Gasteiger partial charge in [-0.2, -0.15) is 0 Å². The Balaban J connectivity index is 2.26. The van der Waals surface area contributed by atoms with Gasteiger partial charge in [-0.05, 0) is 36.5 Å². The van der Waals surface area contributed by atoms with Crippen molar-refractivity contribution in [2.45, 2.75) is 27.2 Å². The van der Waals surface area contributed by atoms with Crippen LogP contribution in [0.3, 0.4) is 0 Å². The van der Waals surface area contributed by atoms with Crippen LogP contribution in [0.4, 0.5) is 0 Å². The van der Waals surface area contributed by atoms with Gasteiger partial charge < -0.3 is 0 Å². The molecule has 1 aromatic heterocycles. The maximum atomic E-state index is 12.7. The van der Waals surface area contributed by atoms with Crippen LogP contribution in [0.2, 0.25) is 0 Å². The summed E-state index contributed by atoms with van der Waals surface area (Å²) in [5, 5.41) is 3.04. The molecule has 0 aliphatic rings. The molecule has 0 radical (unpaired) electrons. The van der Waals surface area contributed by atoms with E-state index < -0.39 is 0 Å². The van der Waals surface area contributed by atoms with Crippen molar-refractivity contribution >= 4 is 0 Å². The highest BCUT2D eigenvalue weighted by Gasteiger charge is 2.19. The van der Waals surface area contributed by atoms with E-state index in [4.69, 9.17) is 0 Å². The Labute approximate surface area is 136 Å². The van der Waals surface area contributed by atoms with Crippen molar-refractivity contribution in [2.24, 2.45) is 5.92 Å². The summed E-state index contributed by atoms with van der Waals surface area (Å²) in [5.41, 5.74) is 4.94. The molecule has 0 aliphatic carbocycles. The zero-order valence-corrected chi connectivity index (χ0v) is 13.8. The molecule has 0 amide bonds. The molecule has 0 atom stereocenters. The van der Waals surface area contributed by atoms with E-state index in [0.29, 0.717) is 5.92 Å². The number of nitrogens with zero attached hydrogens (tertiary/aromatic N) is 1. The van der Waals surface area contributed by atoms with Crippen LogP contribution in [-0.4, -0.2) is 9.78 Å². The van der Waals surface area contributed by atoms with E-state index in [2.05, 4.69) is 31.9 Å². The second kappa shape index (κ2) is 6.29. The standard InChI is InChI=1S/C20H22N2O/c1-14(2)13-18-19(16-10-5-4-6-11-16)20(23)21-22(18)17-12-8-7-9-15(17)3/h4-12,14H,13H2,1-3H3,(H,21,23). The van der Waals surface area contributed by atoms with Gasteiger partial charge in [0.05, 0.1) is 16.9 Å². The molecule has 1 heterocycles. The fourth-order valence-corrected chi connectivity index (χ4v) is 2.97. The summed E-state index contributed by atoms with van der Waals surface area (Å²) < 4.78 is 1.96. The van der Waals surface area contributed by atoms with Crippen LogP contribution in [0, 0.1) is 12.8 Å². The number of aromatic nitrogens is 2. The molecule has 3 aromatic rings. The van der Waals surface area contributed by atoms with Gasteiger partial charge in [-0.25, -0.2) is 0 Å². The average molecular weight is 306 g/mol. The lowest BCUT2D eigenvalue weighted by atomic mass is 9.99. The van der Waals surface area contributed by atoms with E-state index >= 15 is 0 Å². The van der Waals surface area contributed by atoms with Crippen LogP contribution < -0.4 is 5.56 Å². The zero-order valence-electron chi connectivity index (χ0n) is 13.8. The number of hydrogen-bond acceptors (Lipinski definition) is 1. The predicted octanol–water partition coefficient (Wildman–Crippen LogP) is 4.34. The fraction of sp³-hybridized carbons (Fsp3) is 0.250. The number of aromatic amines is 1. The number of H-pyrrole nitrogens is 1. The average Bonchev–Trinajstić information content (AvgIpc) is 2.84. The topological polar surface area (TPSA) is 37.8 Å². The molecule has 0 saturated carbocycles. The van der Waals surface area contributed by atoms with E-state index in [-0.39, 0.29) is 5.56 Å². The molecule has 0 aliphatic heterocycles. The van der Waals surface area contributed by atoms with Crippen molar-refractivity contribution in [2.75, 3.05) is 0 Å². The van der Waals surface area contributed by atoms with Crippen LogP contribution in [0.1, 0.15) is 25.1 Å². The van der Waals surface area contributed by atoms with Crippen LogP contribution in [0.15, 0.2) is 59.4 Å². The summed E-state index contributed by atoms with van der Waals surface area (Å²) in [4.78, 5) is 12.7. The minimum atomic E-state index is -0.0323. The molecule has 0 unspecified atom stereocenters. The number of para-hydroxylation sites is 1. The Morgan fingerprint density at radius 2 is 1.65 bits per heavy atom. The molecule has 23 heavy (non-hydrogen) atoms. The van der Waals surface area contributed by atoms with Gasteiger partial charge in [0, 0.05) is 0 Å². The van der Waals surface area contributed by atoms with Gasteiger partial charge >= 0.3 is 0 Å². The predicted molar refractivity (Wildman–Crippen MR) is 95.1 cm³/mol. The molecule has 2 aromatic carbocycles. The van der Waals surface area contributed by atoms with E-state index in [0.717, 1.165) is 34.5 Å². The summed E-state index contributed by atoms with van der Waals surface area (Å²) in [6.45, 7) is 6.41. The molecule has 0 spiro atoms. The number of hydrogen-bond donors (Lipinski definition) is 1. The zero-order chi connectivity index (χ0) is 16.4. The molecule has 0 saturated heterocycles. The highest BCUT2D eigenvalue weighted by atomic mass is 16.1. The molecule has 0 fully saturated rings. The van der Waals surface area contributed by atoms with E-state index in [9.17, 15) is 4.79 Å². The Hall–Kier alpha value is -2.55. The van der Waals surface area contributed by atoms with Crippen molar-refractivity contribution in [1.82, 2.24) is 9.78 Å². The van der Waals surface area contributed by atoms with E-state index in [1.54, 1.807) is 0 Å². The number of benzene rings is 2. The molecule has 1 N–H and O–H groups in total. The first-order chi connectivity index (χ1) is 11.1. The van der Waals surface area contributed by atoms with Gasteiger partial charge in [0.1, 0.15) is 0 Å². The molecule has 3 rings (SSSR count). The summed E-state index contributed by atoms with van der Waals surface area (Å²) in [6, 6.07) is 18.0. The van der Waals surface area contributed by atoms with E-state index in [1.165, 1.54) is 0 Å². The summed E-state index contributed by atoms with van der Waals surface area (Å²) >= 11 is 0. The molecule has 3 nitrogen and oxygen atoms in total. The third kappa shape index (κ3) is 3.00. The SMILES string of the molecule is Cc1ccccc1-n1[nH]c(=O)c(-c2ccccc2)c1CC(C)C. The maximum absolute atomic E-state index is 12.7. The van der Waals surface area contributed by atoms with Crippen LogP contribution in [0.25, 0.3) is 16.8 Å².